The number of hydrogen-bond donors (Lipinski definition) is 1. The first-order valence-corrected chi connectivity index (χ1v) is 8.74. The largest absolute Gasteiger partial charge is 0.491 e. The summed E-state index contributed by atoms with van der Waals surface area (Å²) in [5.41, 5.74) is 1.09. The molecule has 1 aromatic heterocycles. The highest BCUT2D eigenvalue weighted by atomic mass is 16.5. The van der Waals surface area contributed by atoms with Gasteiger partial charge in [0.1, 0.15) is 30.0 Å². The number of aryl methyl sites for hydroxylation is 2. The van der Waals surface area contributed by atoms with Gasteiger partial charge in [0.15, 0.2) is 0 Å². The Hall–Kier alpha value is -1.78. The molecule has 0 amide bonds. The number of aliphatic hydroxyl groups excluding tert-OH is 1. The van der Waals surface area contributed by atoms with E-state index in [0.29, 0.717) is 13.2 Å². The van der Waals surface area contributed by atoms with Gasteiger partial charge in [-0.2, -0.15) is 0 Å². The third-order valence-electron chi connectivity index (χ3n) is 4.38. The second-order valence-corrected chi connectivity index (χ2v) is 6.88. The van der Waals surface area contributed by atoms with Crippen molar-refractivity contribution in [2.75, 3.05) is 19.7 Å². The maximum absolute atomic E-state index is 10.4. The predicted molar refractivity (Wildman–Crippen MR) is 94.1 cm³/mol. The highest BCUT2D eigenvalue weighted by Gasteiger charge is 2.26. The first-order valence-electron chi connectivity index (χ1n) is 8.74. The standard InChI is InChI=1S/C20H27NO3/c1-15-5-3-4-6-20(15)23-14-18(22)12-21(11-17-8-9-17)13-19-10-7-16(2)24-19/h3-7,10,17-18,22H,8-9,11-14H2,1-2H3/t18-/m1/s1. The Morgan fingerprint density at radius 2 is 2.00 bits per heavy atom. The van der Waals surface area contributed by atoms with Crippen molar-refractivity contribution in [3.8, 4) is 5.75 Å². The zero-order chi connectivity index (χ0) is 16.9. The molecule has 0 bridgehead atoms. The summed E-state index contributed by atoms with van der Waals surface area (Å²) in [5.74, 6) is 3.50. The van der Waals surface area contributed by atoms with Crippen molar-refractivity contribution >= 4 is 0 Å². The fourth-order valence-electron chi connectivity index (χ4n) is 2.91. The molecule has 3 rings (SSSR count). The topological polar surface area (TPSA) is 45.8 Å². The number of nitrogens with zero attached hydrogens (tertiary/aromatic N) is 1. The molecule has 2 aromatic rings. The molecule has 0 unspecified atom stereocenters. The quantitative estimate of drug-likeness (QED) is 0.764. The van der Waals surface area contributed by atoms with Crippen LogP contribution in [-0.4, -0.2) is 35.8 Å². The molecule has 1 fully saturated rings. The summed E-state index contributed by atoms with van der Waals surface area (Å²) in [4.78, 5) is 2.28. The van der Waals surface area contributed by atoms with Gasteiger partial charge >= 0.3 is 0 Å². The monoisotopic (exact) mass is 329 g/mol. The van der Waals surface area contributed by atoms with Crippen LogP contribution in [0, 0.1) is 19.8 Å². The van der Waals surface area contributed by atoms with Gasteiger partial charge in [-0.15, -0.1) is 0 Å². The Labute approximate surface area is 144 Å². The molecule has 1 saturated carbocycles. The van der Waals surface area contributed by atoms with Gasteiger partial charge in [-0.25, -0.2) is 0 Å². The molecule has 1 N–H and O–H groups in total. The van der Waals surface area contributed by atoms with Gasteiger partial charge in [0.05, 0.1) is 6.54 Å². The average Bonchev–Trinajstić information content (AvgIpc) is 3.27. The van der Waals surface area contributed by atoms with E-state index < -0.39 is 6.10 Å². The number of aliphatic hydroxyl groups is 1. The van der Waals surface area contributed by atoms with E-state index in [1.807, 2.05) is 50.2 Å². The summed E-state index contributed by atoms with van der Waals surface area (Å²) in [6.07, 6.45) is 2.08. The number of ether oxygens (including phenoxy) is 1. The lowest BCUT2D eigenvalue weighted by atomic mass is 10.2. The van der Waals surface area contributed by atoms with Crippen LogP contribution in [0.2, 0.25) is 0 Å². The summed E-state index contributed by atoms with van der Waals surface area (Å²) >= 11 is 0. The van der Waals surface area contributed by atoms with E-state index in [1.165, 1.54) is 12.8 Å². The van der Waals surface area contributed by atoms with E-state index in [9.17, 15) is 5.11 Å². The highest BCUT2D eigenvalue weighted by molar-refractivity contribution is 5.31. The van der Waals surface area contributed by atoms with Crippen molar-refractivity contribution in [2.24, 2.45) is 5.92 Å². The van der Waals surface area contributed by atoms with Crippen LogP contribution in [0.1, 0.15) is 29.9 Å². The zero-order valence-corrected chi connectivity index (χ0v) is 14.6. The van der Waals surface area contributed by atoms with E-state index in [1.54, 1.807) is 0 Å². The molecular weight excluding hydrogens is 302 g/mol. The van der Waals surface area contributed by atoms with Crippen LogP contribution in [0.3, 0.4) is 0 Å². The fourth-order valence-corrected chi connectivity index (χ4v) is 2.91. The van der Waals surface area contributed by atoms with Gasteiger partial charge in [0.2, 0.25) is 0 Å². The maximum atomic E-state index is 10.4. The number of rotatable bonds is 9. The molecule has 1 aliphatic carbocycles. The van der Waals surface area contributed by atoms with Crippen LogP contribution in [0.4, 0.5) is 0 Å². The molecule has 1 aliphatic rings. The highest BCUT2D eigenvalue weighted by Crippen LogP contribution is 2.30. The lowest BCUT2D eigenvalue weighted by Gasteiger charge is -2.24. The molecule has 0 spiro atoms. The summed E-state index contributed by atoms with van der Waals surface area (Å²) in [7, 11) is 0. The minimum atomic E-state index is -0.514. The predicted octanol–water partition coefficient (Wildman–Crippen LogP) is 3.55. The lowest BCUT2D eigenvalue weighted by Crippen LogP contribution is -2.36. The third kappa shape index (κ3) is 5.11. The van der Waals surface area contributed by atoms with Gasteiger partial charge < -0.3 is 14.3 Å². The van der Waals surface area contributed by atoms with Crippen LogP contribution < -0.4 is 4.74 Å². The minimum Gasteiger partial charge on any atom is -0.491 e. The van der Waals surface area contributed by atoms with E-state index in [0.717, 1.165) is 41.8 Å². The molecule has 0 radical (unpaired) electrons. The van der Waals surface area contributed by atoms with E-state index in [4.69, 9.17) is 9.15 Å². The van der Waals surface area contributed by atoms with E-state index >= 15 is 0 Å². The van der Waals surface area contributed by atoms with Crippen LogP contribution in [0.25, 0.3) is 0 Å². The Morgan fingerprint density at radius 3 is 2.67 bits per heavy atom. The smallest absolute Gasteiger partial charge is 0.122 e. The SMILES string of the molecule is Cc1ccc(CN(CC2CC2)C[C@@H](O)COc2ccccc2C)o1. The number of furan rings is 1. The molecule has 0 aliphatic heterocycles. The molecule has 1 heterocycles. The molecule has 0 saturated heterocycles. The Morgan fingerprint density at radius 1 is 1.21 bits per heavy atom. The van der Waals surface area contributed by atoms with Crippen molar-refractivity contribution in [1.82, 2.24) is 4.90 Å². The molecule has 130 valence electrons. The number of benzene rings is 1. The van der Waals surface area contributed by atoms with Crippen LogP contribution in [0.5, 0.6) is 5.75 Å². The number of para-hydroxylation sites is 1. The molecule has 1 atom stereocenters. The van der Waals surface area contributed by atoms with Crippen molar-refractivity contribution in [3.63, 3.8) is 0 Å². The summed E-state index contributed by atoms with van der Waals surface area (Å²) in [6.45, 7) is 6.64. The first kappa shape index (κ1) is 17.1. The van der Waals surface area contributed by atoms with Crippen molar-refractivity contribution in [3.05, 3.63) is 53.5 Å². The first-order chi connectivity index (χ1) is 11.6. The van der Waals surface area contributed by atoms with Gasteiger partial charge in [-0.3, -0.25) is 4.90 Å². The van der Waals surface area contributed by atoms with Crippen molar-refractivity contribution in [1.29, 1.82) is 0 Å². The van der Waals surface area contributed by atoms with E-state index in [2.05, 4.69) is 4.90 Å². The van der Waals surface area contributed by atoms with Crippen LogP contribution in [0.15, 0.2) is 40.8 Å². The Kier molecular flexibility index (Phi) is 5.59. The molecule has 4 heteroatoms. The molecule has 4 nitrogen and oxygen atoms in total. The molecular formula is C20H27NO3. The summed E-state index contributed by atoms with van der Waals surface area (Å²) in [5, 5.41) is 10.4. The van der Waals surface area contributed by atoms with Gasteiger partial charge in [0.25, 0.3) is 0 Å². The van der Waals surface area contributed by atoms with Gasteiger partial charge in [-0.1, -0.05) is 18.2 Å². The second-order valence-electron chi connectivity index (χ2n) is 6.88. The van der Waals surface area contributed by atoms with Crippen molar-refractivity contribution in [2.45, 2.75) is 39.3 Å². The van der Waals surface area contributed by atoms with E-state index in [-0.39, 0.29) is 0 Å². The molecule has 24 heavy (non-hydrogen) atoms. The third-order valence-corrected chi connectivity index (χ3v) is 4.38. The van der Waals surface area contributed by atoms with Crippen molar-refractivity contribution < 1.29 is 14.3 Å². The maximum Gasteiger partial charge on any atom is 0.122 e. The summed E-state index contributed by atoms with van der Waals surface area (Å²) in [6, 6.07) is 11.9. The zero-order valence-electron chi connectivity index (χ0n) is 14.6. The Balaban J connectivity index is 1.52. The normalized spacial score (nSPS) is 15.7. The van der Waals surface area contributed by atoms with Crippen LogP contribution in [-0.2, 0) is 6.54 Å². The fraction of sp³-hybridized carbons (Fsp3) is 0.500. The Bertz CT molecular complexity index is 648. The van der Waals surface area contributed by atoms with Crippen LogP contribution >= 0.6 is 0 Å². The molecule has 1 aromatic carbocycles. The van der Waals surface area contributed by atoms with Gasteiger partial charge in [0, 0.05) is 13.1 Å². The summed E-state index contributed by atoms with van der Waals surface area (Å²) < 4.78 is 11.5. The lowest BCUT2D eigenvalue weighted by molar-refractivity contribution is 0.0613. The second kappa shape index (κ2) is 7.86. The average molecular weight is 329 g/mol. The number of hydrogen-bond acceptors (Lipinski definition) is 4. The minimum absolute atomic E-state index is 0.309. The van der Waals surface area contributed by atoms with Gasteiger partial charge in [-0.05, 0) is 56.4 Å².